The van der Waals surface area contributed by atoms with Crippen molar-refractivity contribution >= 4 is 11.8 Å². The number of likely N-dealkylation sites (tertiary alicyclic amines) is 1. The van der Waals surface area contributed by atoms with E-state index in [0.29, 0.717) is 17.5 Å². The van der Waals surface area contributed by atoms with Crippen molar-refractivity contribution in [2.45, 2.75) is 49.9 Å². The fourth-order valence-electron chi connectivity index (χ4n) is 4.88. The van der Waals surface area contributed by atoms with E-state index in [4.69, 9.17) is 5.26 Å². The lowest BCUT2D eigenvalue weighted by Crippen LogP contribution is -2.63. The largest absolute Gasteiger partial charge is 0.416 e. The van der Waals surface area contributed by atoms with Gasteiger partial charge in [0.05, 0.1) is 29.8 Å². The van der Waals surface area contributed by atoms with Gasteiger partial charge in [0, 0.05) is 24.7 Å². The summed E-state index contributed by atoms with van der Waals surface area (Å²) in [5, 5.41) is 14.2. The van der Waals surface area contributed by atoms with Gasteiger partial charge in [-0.1, -0.05) is 18.2 Å². The Morgan fingerprint density at radius 1 is 1.03 bits per heavy atom. The van der Waals surface area contributed by atoms with Crippen molar-refractivity contribution in [2.75, 3.05) is 19.6 Å². The molecular formula is C26H27F3N4O2. The van der Waals surface area contributed by atoms with E-state index in [-0.39, 0.29) is 24.1 Å². The normalized spacial score (nSPS) is 21.0. The highest BCUT2D eigenvalue weighted by Gasteiger charge is 2.35. The Bertz CT molecular complexity index is 1100. The number of carbonyl (C=O) groups is 2. The summed E-state index contributed by atoms with van der Waals surface area (Å²) < 4.78 is 38.4. The van der Waals surface area contributed by atoms with Gasteiger partial charge in [-0.25, -0.2) is 0 Å². The molecule has 0 aromatic heterocycles. The summed E-state index contributed by atoms with van der Waals surface area (Å²) in [7, 11) is 0. The molecule has 4 rings (SSSR count). The van der Waals surface area contributed by atoms with Gasteiger partial charge in [-0.05, 0) is 67.5 Å². The number of alkyl halides is 3. The SMILES string of the molecule is N#Cc1ccc(C2CCC(N3CC(NC(=O)CNC(=O)c4cccc(C(F)(F)F)c4)C3)CC2)cc1. The van der Waals surface area contributed by atoms with Gasteiger partial charge >= 0.3 is 6.18 Å². The third-order valence-corrected chi connectivity index (χ3v) is 6.86. The Kier molecular flexibility index (Phi) is 7.41. The molecule has 2 N–H and O–H groups in total. The van der Waals surface area contributed by atoms with Crippen LogP contribution in [0.3, 0.4) is 0 Å². The molecule has 2 amide bonds. The van der Waals surface area contributed by atoms with Crippen molar-refractivity contribution in [3.63, 3.8) is 0 Å². The van der Waals surface area contributed by atoms with Crippen LogP contribution in [0.5, 0.6) is 0 Å². The molecule has 1 saturated carbocycles. The van der Waals surface area contributed by atoms with Crippen LogP contribution < -0.4 is 10.6 Å². The van der Waals surface area contributed by atoms with Crippen molar-refractivity contribution < 1.29 is 22.8 Å². The third kappa shape index (κ3) is 6.20. The van der Waals surface area contributed by atoms with Crippen LogP contribution in [0, 0.1) is 11.3 Å². The Morgan fingerprint density at radius 2 is 1.71 bits per heavy atom. The molecule has 1 saturated heterocycles. The number of nitriles is 1. The molecule has 2 aliphatic rings. The molecule has 184 valence electrons. The Labute approximate surface area is 202 Å². The lowest BCUT2D eigenvalue weighted by molar-refractivity contribution is -0.137. The Morgan fingerprint density at radius 3 is 2.34 bits per heavy atom. The fourth-order valence-corrected chi connectivity index (χ4v) is 4.88. The van der Waals surface area contributed by atoms with Crippen LogP contribution in [0.15, 0.2) is 48.5 Å². The molecule has 0 atom stereocenters. The van der Waals surface area contributed by atoms with Crippen LogP contribution in [0.4, 0.5) is 13.2 Å². The zero-order valence-corrected chi connectivity index (χ0v) is 19.1. The molecule has 1 aliphatic heterocycles. The van der Waals surface area contributed by atoms with E-state index in [1.54, 1.807) is 0 Å². The van der Waals surface area contributed by atoms with E-state index in [9.17, 15) is 22.8 Å². The maximum Gasteiger partial charge on any atom is 0.416 e. The molecular weight excluding hydrogens is 457 g/mol. The number of amides is 2. The first kappa shape index (κ1) is 24.7. The van der Waals surface area contributed by atoms with E-state index >= 15 is 0 Å². The van der Waals surface area contributed by atoms with Gasteiger partial charge in [-0.3, -0.25) is 14.5 Å². The van der Waals surface area contributed by atoms with Crippen molar-refractivity contribution in [1.29, 1.82) is 5.26 Å². The quantitative estimate of drug-likeness (QED) is 0.653. The first-order chi connectivity index (χ1) is 16.7. The summed E-state index contributed by atoms with van der Waals surface area (Å²) in [5.41, 5.74) is 0.906. The number of nitrogens with one attached hydrogen (secondary N) is 2. The fraction of sp³-hybridized carbons (Fsp3) is 0.423. The number of halogens is 3. The second-order valence-corrected chi connectivity index (χ2v) is 9.22. The van der Waals surface area contributed by atoms with Gasteiger partial charge in [-0.2, -0.15) is 18.4 Å². The predicted octanol–water partition coefficient (Wildman–Crippen LogP) is 3.83. The maximum atomic E-state index is 12.8. The Hall–Kier alpha value is -3.38. The topological polar surface area (TPSA) is 85.2 Å². The van der Waals surface area contributed by atoms with Gasteiger partial charge in [0.15, 0.2) is 0 Å². The lowest BCUT2D eigenvalue weighted by Gasteiger charge is -2.46. The smallest absolute Gasteiger partial charge is 0.349 e. The van der Waals surface area contributed by atoms with E-state index < -0.39 is 17.6 Å². The molecule has 2 aromatic rings. The number of carbonyl (C=O) groups excluding carboxylic acids is 2. The summed E-state index contributed by atoms with van der Waals surface area (Å²) in [6.45, 7) is 1.21. The summed E-state index contributed by atoms with van der Waals surface area (Å²) >= 11 is 0. The zero-order valence-electron chi connectivity index (χ0n) is 19.1. The van der Waals surface area contributed by atoms with Crippen LogP contribution in [0.25, 0.3) is 0 Å². The van der Waals surface area contributed by atoms with Crippen LogP contribution in [-0.2, 0) is 11.0 Å². The molecule has 0 bridgehead atoms. The summed E-state index contributed by atoms with van der Waals surface area (Å²) in [6.07, 6.45) is -0.194. The van der Waals surface area contributed by atoms with Crippen LogP contribution in [-0.4, -0.2) is 48.4 Å². The number of hydrogen-bond acceptors (Lipinski definition) is 4. The minimum absolute atomic E-state index is 0.00390. The summed E-state index contributed by atoms with van der Waals surface area (Å²) in [5.74, 6) is -0.573. The van der Waals surface area contributed by atoms with E-state index in [1.165, 1.54) is 17.7 Å². The number of rotatable bonds is 6. The first-order valence-corrected chi connectivity index (χ1v) is 11.7. The van der Waals surface area contributed by atoms with Crippen molar-refractivity contribution in [1.82, 2.24) is 15.5 Å². The third-order valence-electron chi connectivity index (χ3n) is 6.86. The molecule has 0 unspecified atom stereocenters. The molecule has 35 heavy (non-hydrogen) atoms. The van der Waals surface area contributed by atoms with Gasteiger partial charge < -0.3 is 10.6 Å². The van der Waals surface area contributed by atoms with Crippen LogP contribution >= 0.6 is 0 Å². The maximum absolute atomic E-state index is 12.8. The minimum atomic E-state index is -4.54. The predicted molar refractivity (Wildman–Crippen MR) is 123 cm³/mol. The zero-order chi connectivity index (χ0) is 25.0. The van der Waals surface area contributed by atoms with Crippen LogP contribution in [0.1, 0.15) is 58.6 Å². The number of hydrogen-bond donors (Lipinski definition) is 2. The standard InChI is InChI=1S/C26H27F3N4O2/c27-26(28,29)21-3-1-2-20(12-21)25(35)31-14-24(34)32-22-15-33(16-22)23-10-8-19(9-11-23)18-6-4-17(13-30)5-7-18/h1-7,12,19,22-23H,8-11,14-16H2,(H,31,35)(H,32,34). The van der Waals surface area contributed by atoms with Gasteiger partial charge in [0.25, 0.3) is 5.91 Å². The van der Waals surface area contributed by atoms with Gasteiger partial charge in [0.1, 0.15) is 0 Å². The number of nitrogens with zero attached hydrogens (tertiary/aromatic N) is 2. The van der Waals surface area contributed by atoms with Crippen LogP contribution in [0.2, 0.25) is 0 Å². The second-order valence-electron chi connectivity index (χ2n) is 9.22. The highest BCUT2D eigenvalue weighted by atomic mass is 19.4. The van der Waals surface area contributed by atoms with E-state index in [0.717, 1.165) is 50.9 Å². The average Bonchev–Trinajstić information content (AvgIpc) is 2.84. The highest BCUT2D eigenvalue weighted by Crippen LogP contribution is 2.36. The van der Waals surface area contributed by atoms with E-state index in [1.807, 2.05) is 24.3 Å². The van der Waals surface area contributed by atoms with Crippen molar-refractivity contribution in [2.24, 2.45) is 0 Å². The molecule has 0 radical (unpaired) electrons. The number of benzene rings is 2. The molecule has 2 fully saturated rings. The second kappa shape index (κ2) is 10.5. The lowest BCUT2D eigenvalue weighted by atomic mass is 9.80. The van der Waals surface area contributed by atoms with Crippen molar-refractivity contribution in [3.8, 4) is 6.07 Å². The van der Waals surface area contributed by atoms with E-state index in [2.05, 4.69) is 21.6 Å². The molecule has 9 heteroatoms. The average molecular weight is 485 g/mol. The summed E-state index contributed by atoms with van der Waals surface area (Å²) in [4.78, 5) is 26.7. The summed E-state index contributed by atoms with van der Waals surface area (Å²) in [6, 6.07) is 14.6. The van der Waals surface area contributed by atoms with Gasteiger partial charge in [0.2, 0.25) is 5.91 Å². The molecule has 0 spiro atoms. The molecule has 1 heterocycles. The van der Waals surface area contributed by atoms with Gasteiger partial charge in [-0.15, -0.1) is 0 Å². The van der Waals surface area contributed by atoms with Crippen molar-refractivity contribution in [3.05, 3.63) is 70.8 Å². The first-order valence-electron chi connectivity index (χ1n) is 11.7. The molecule has 1 aliphatic carbocycles. The minimum Gasteiger partial charge on any atom is -0.349 e. The monoisotopic (exact) mass is 484 g/mol. The highest BCUT2D eigenvalue weighted by molar-refractivity contribution is 5.96. The molecule has 6 nitrogen and oxygen atoms in total. The molecule has 2 aromatic carbocycles. The Balaban J connectivity index is 1.16.